The first-order valence-corrected chi connectivity index (χ1v) is 5.14. The highest BCUT2D eigenvalue weighted by atomic mass is 19.3. The molecule has 8 heteroatoms. The number of carbonyl (C=O) groups excluding carboxylic acids is 2. The van der Waals surface area contributed by atoms with Crippen molar-refractivity contribution in [2.75, 3.05) is 46.1 Å². The van der Waals surface area contributed by atoms with Crippen LogP contribution in [0, 0.1) is 0 Å². The monoisotopic (exact) mass is 252 g/mol. The highest BCUT2D eigenvalue weighted by Crippen LogP contribution is 1.79. The van der Waals surface area contributed by atoms with Gasteiger partial charge in [-0.25, -0.2) is 0 Å². The summed E-state index contributed by atoms with van der Waals surface area (Å²) in [6.07, 6.45) is 0.589. The van der Waals surface area contributed by atoms with Crippen LogP contribution in [-0.2, 0) is 24.0 Å². The fraction of sp³-hybridized carbons (Fsp3) is 0.778. The summed E-state index contributed by atoms with van der Waals surface area (Å²) in [4.78, 5) is 24.1. The highest BCUT2D eigenvalue weighted by molar-refractivity contribution is 5.77. The first kappa shape index (κ1) is 15.8. The third-order valence-corrected chi connectivity index (χ3v) is 1.58. The van der Waals surface area contributed by atoms with E-state index < -0.39 is 0 Å². The van der Waals surface area contributed by atoms with Gasteiger partial charge in [-0.05, 0) is 4.53 Å². The number of rotatable bonds is 12. The number of hydrogen-bond donors (Lipinski definition) is 2. The minimum atomic E-state index is -0.343. The van der Waals surface area contributed by atoms with Gasteiger partial charge < -0.3 is 20.1 Å². The minimum Gasteiger partial charge on any atom is -0.377 e. The largest absolute Gasteiger partial charge is 0.377 e. The van der Waals surface area contributed by atoms with Crippen molar-refractivity contribution in [1.82, 2.24) is 10.6 Å². The van der Waals surface area contributed by atoms with Crippen LogP contribution in [0.4, 0.5) is 4.53 Å². The van der Waals surface area contributed by atoms with E-state index in [0.717, 1.165) is 0 Å². The van der Waals surface area contributed by atoms with E-state index in [4.69, 9.17) is 9.47 Å². The van der Waals surface area contributed by atoms with Crippen molar-refractivity contribution in [2.24, 2.45) is 0 Å². The molecule has 0 aromatic carbocycles. The second-order valence-electron chi connectivity index (χ2n) is 2.90. The molecule has 0 saturated carbocycles. The molecule has 0 heterocycles. The third kappa shape index (κ3) is 12.7. The van der Waals surface area contributed by atoms with Gasteiger partial charge in [-0.1, -0.05) is 0 Å². The summed E-state index contributed by atoms with van der Waals surface area (Å²) in [5, 5.41) is 4.82. The Kier molecular flexibility index (Phi) is 11.9. The molecule has 0 aliphatic carbocycles. The molecule has 0 fully saturated rings. The summed E-state index contributed by atoms with van der Waals surface area (Å²) in [6, 6.07) is 0. The Balaban J connectivity index is 3.11. The quantitative estimate of drug-likeness (QED) is 0.336. The summed E-state index contributed by atoms with van der Waals surface area (Å²) in [7, 11) is 0. The zero-order chi connectivity index (χ0) is 12.8. The van der Waals surface area contributed by atoms with Crippen LogP contribution < -0.4 is 10.6 Å². The van der Waals surface area contributed by atoms with Gasteiger partial charge in [-0.15, -0.1) is 0 Å². The van der Waals surface area contributed by atoms with Crippen LogP contribution in [0.2, 0.25) is 0 Å². The minimum absolute atomic E-state index is 0.104. The molecule has 0 saturated heterocycles. The maximum absolute atomic E-state index is 11.2. The van der Waals surface area contributed by atoms with Gasteiger partial charge in [0.25, 0.3) is 0 Å². The van der Waals surface area contributed by atoms with Crippen molar-refractivity contribution in [3.63, 3.8) is 0 Å². The van der Waals surface area contributed by atoms with Crippen LogP contribution in [0.3, 0.4) is 0 Å². The molecule has 0 aromatic heterocycles. The normalized spacial score (nSPS) is 9.94. The summed E-state index contributed by atoms with van der Waals surface area (Å²) >= 11 is 0. The molecule has 2 amide bonds. The Hall–Kier alpha value is -1.25. The number of halogens is 1. The lowest BCUT2D eigenvalue weighted by Crippen LogP contribution is -2.30. The Labute approximate surface area is 98.5 Å². The second-order valence-corrected chi connectivity index (χ2v) is 2.90. The standard InChI is InChI=1S/C9H17FN2O5/c10-17-4-2-12-9(14)7-16-6-5-15-3-1-11-8-13/h8H,1-7H2,(H,11,13)(H,12,14). The van der Waals surface area contributed by atoms with Crippen LogP contribution in [0.25, 0.3) is 0 Å². The maximum atomic E-state index is 11.2. The average molecular weight is 252 g/mol. The van der Waals surface area contributed by atoms with Crippen molar-refractivity contribution in [2.45, 2.75) is 0 Å². The van der Waals surface area contributed by atoms with Gasteiger partial charge in [0, 0.05) is 13.1 Å². The van der Waals surface area contributed by atoms with E-state index >= 15 is 0 Å². The van der Waals surface area contributed by atoms with Gasteiger partial charge in [0.05, 0.1) is 19.8 Å². The van der Waals surface area contributed by atoms with Crippen molar-refractivity contribution in [3.05, 3.63) is 0 Å². The topological polar surface area (TPSA) is 85.9 Å². The van der Waals surface area contributed by atoms with E-state index in [1.807, 2.05) is 0 Å². The molecule has 2 N–H and O–H groups in total. The lowest BCUT2D eigenvalue weighted by Gasteiger charge is -2.06. The number of nitrogens with one attached hydrogen (secondary N) is 2. The Morgan fingerprint density at radius 1 is 1.12 bits per heavy atom. The molecule has 0 aliphatic rings. The lowest BCUT2D eigenvalue weighted by molar-refractivity contribution is -0.136. The zero-order valence-corrected chi connectivity index (χ0v) is 9.45. The Bertz CT molecular complexity index is 206. The molecule has 0 atom stereocenters. The summed E-state index contributed by atoms with van der Waals surface area (Å²) in [5.74, 6) is -0.343. The van der Waals surface area contributed by atoms with Crippen LogP contribution in [0.1, 0.15) is 0 Å². The molecule has 0 radical (unpaired) electrons. The molecule has 0 aliphatic heterocycles. The molecular weight excluding hydrogens is 235 g/mol. The SMILES string of the molecule is O=CNCCOCCOCC(=O)NCCOF. The van der Waals surface area contributed by atoms with Crippen molar-refractivity contribution >= 4 is 12.3 Å². The molecule has 0 spiro atoms. The molecule has 0 bridgehead atoms. The molecule has 0 rings (SSSR count). The first-order chi connectivity index (χ1) is 8.31. The van der Waals surface area contributed by atoms with E-state index in [2.05, 4.69) is 15.6 Å². The number of carbonyl (C=O) groups is 2. The molecule has 7 nitrogen and oxygen atoms in total. The fourth-order valence-corrected chi connectivity index (χ4v) is 0.855. The van der Waals surface area contributed by atoms with Gasteiger partial charge in [0.1, 0.15) is 13.2 Å². The third-order valence-electron chi connectivity index (χ3n) is 1.58. The number of hydrogen-bond acceptors (Lipinski definition) is 5. The van der Waals surface area contributed by atoms with Crippen LogP contribution in [0.15, 0.2) is 0 Å². The lowest BCUT2D eigenvalue weighted by atomic mass is 10.6. The molecule has 0 aromatic rings. The molecule has 0 unspecified atom stereocenters. The average Bonchev–Trinajstić information content (AvgIpc) is 2.33. The second kappa shape index (κ2) is 12.8. The predicted octanol–water partition coefficient (Wildman–Crippen LogP) is -1.22. The molecule has 17 heavy (non-hydrogen) atoms. The van der Waals surface area contributed by atoms with Crippen molar-refractivity contribution in [1.29, 1.82) is 0 Å². The van der Waals surface area contributed by atoms with Gasteiger partial charge >= 0.3 is 0 Å². The summed E-state index contributed by atoms with van der Waals surface area (Å²) in [5.41, 5.74) is 0. The number of ether oxygens (including phenoxy) is 2. The summed E-state index contributed by atoms with van der Waals surface area (Å²) in [6.45, 7) is 1.25. The van der Waals surface area contributed by atoms with Gasteiger partial charge in [0.2, 0.25) is 12.3 Å². The predicted molar refractivity (Wildman–Crippen MR) is 55.8 cm³/mol. The van der Waals surface area contributed by atoms with Crippen molar-refractivity contribution < 1.29 is 28.5 Å². The fourth-order valence-electron chi connectivity index (χ4n) is 0.855. The maximum Gasteiger partial charge on any atom is 0.246 e. The highest BCUT2D eigenvalue weighted by Gasteiger charge is 2.00. The van der Waals surface area contributed by atoms with E-state index in [1.165, 1.54) is 0 Å². The van der Waals surface area contributed by atoms with Crippen LogP contribution in [-0.4, -0.2) is 58.4 Å². The van der Waals surface area contributed by atoms with Gasteiger partial charge in [-0.2, -0.15) is 4.94 Å². The molecular formula is C9H17FN2O5. The van der Waals surface area contributed by atoms with Crippen LogP contribution in [0.5, 0.6) is 0 Å². The zero-order valence-electron chi connectivity index (χ0n) is 9.45. The van der Waals surface area contributed by atoms with Crippen molar-refractivity contribution in [3.8, 4) is 0 Å². The summed E-state index contributed by atoms with van der Waals surface area (Å²) < 4.78 is 21.2. The van der Waals surface area contributed by atoms with E-state index in [-0.39, 0.29) is 32.3 Å². The van der Waals surface area contributed by atoms with Gasteiger partial charge in [-0.3, -0.25) is 9.59 Å². The first-order valence-electron chi connectivity index (χ1n) is 5.14. The Morgan fingerprint density at radius 2 is 1.88 bits per heavy atom. The number of amides is 2. The molecule has 100 valence electrons. The van der Waals surface area contributed by atoms with E-state index in [9.17, 15) is 14.1 Å². The van der Waals surface area contributed by atoms with Crippen LogP contribution >= 0.6 is 0 Å². The van der Waals surface area contributed by atoms with Gasteiger partial charge in [0.15, 0.2) is 0 Å². The van der Waals surface area contributed by atoms with E-state index in [0.29, 0.717) is 26.2 Å². The van der Waals surface area contributed by atoms with E-state index in [1.54, 1.807) is 0 Å². The smallest absolute Gasteiger partial charge is 0.246 e. The Morgan fingerprint density at radius 3 is 2.59 bits per heavy atom.